The molecule has 0 bridgehead atoms. The number of nitrogens with zero attached hydrogens (tertiary/aromatic N) is 2. The Morgan fingerprint density at radius 2 is 2.10 bits per heavy atom. The first-order valence-electron chi connectivity index (χ1n) is 7.24. The molecule has 3 nitrogen and oxygen atoms in total. The Bertz CT molecular complexity index is 602. The predicted octanol–water partition coefficient (Wildman–Crippen LogP) is 3.49. The second-order valence-corrected chi connectivity index (χ2v) is 5.62. The van der Waals surface area contributed by atoms with E-state index in [1.54, 1.807) is 0 Å². The number of hydrogen-bond donors (Lipinski definition) is 1. The molecule has 0 radical (unpaired) electrons. The first-order valence-corrected chi connectivity index (χ1v) is 7.24. The molecule has 0 amide bonds. The summed E-state index contributed by atoms with van der Waals surface area (Å²) in [5, 5.41) is 0. The second-order valence-electron chi connectivity index (χ2n) is 5.62. The van der Waals surface area contributed by atoms with E-state index in [2.05, 4.69) is 41.1 Å². The van der Waals surface area contributed by atoms with Crippen LogP contribution in [0.3, 0.4) is 0 Å². The highest BCUT2D eigenvalue weighted by Gasteiger charge is 2.18. The zero-order valence-electron chi connectivity index (χ0n) is 12.1. The molecule has 1 atom stereocenters. The largest absolute Gasteiger partial charge is 0.340 e. The van der Waals surface area contributed by atoms with Crippen LogP contribution in [0.25, 0.3) is 0 Å². The van der Waals surface area contributed by atoms with Gasteiger partial charge in [-0.05, 0) is 50.5 Å². The number of rotatable bonds is 2. The first kappa shape index (κ1) is 13.1. The van der Waals surface area contributed by atoms with Crippen molar-refractivity contribution in [1.82, 2.24) is 4.98 Å². The number of hydrogen-bond acceptors (Lipinski definition) is 3. The number of pyridine rings is 1. The molecular weight excluding hydrogens is 246 g/mol. The lowest BCUT2D eigenvalue weighted by Crippen LogP contribution is -2.24. The number of anilines is 2. The summed E-state index contributed by atoms with van der Waals surface area (Å²) in [7, 11) is 0. The van der Waals surface area contributed by atoms with Gasteiger partial charge in [0.2, 0.25) is 0 Å². The van der Waals surface area contributed by atoms with Crippen LogP contribution in [0, 0.1) is 6.92 Å². The van der Waals surface area contributed by atoms with E-state index in [9.17, 15) is 0 Å². The van der Waals surface area contributed by atoms with Crippen LogP contribution < -0.4 is 10.6 Å². The van der Waals surface area contributed by atoms with Crippen LogP contribution in [0.15, 0.2) is 36.5 Å². The molecule has 0 saturated carbocycles. The highest BCUT2D eigenvalue weighted by atomic mass is 15.1. The van der Waals surface area contributed by atoms with E-state index >= 15 is 0 Å². The van der Waals surface area contributed by atoms with Crippen LogP contribution in [-0.2, 0) is 6.42 Å². The number of fused-ring (bicyclic) bond motifs is 1. The van der Waals surface area contributed by atoms with Gasteiger partial charge in [-0.1, -0.05) is 17.7 Å². The van der Waals surface area contributed by atoms with Gasteiger partial charge in [0.15, 0.2) is 0 Å². The third kappa shape index (κ3) is 2.41. The van der Waals surface area contributed by atoms with E-state index in [-0.39, 0.29) is 6.04 Å². The monoisotopic (exact) mass is 267 g/mol. The summed E-state index contributed by atoms with van der Waals surface area (Å²) in [6.07, 6.45) is 4.29. The maximum atomic E-state index is 5.86. The molecule has 104 valence electrons. The molecule has 3 heteroatoms. The van der Waals surface area contributed by atoms with Crippen LogP contribution in [0.5, 0.6) is 0 Å². The summed E-state index contributed by atoms with van der Waals surface area (Å²) >= 11 is 0. The van der Waals surface area contributed by atoms with Crippen molar-refractivity contribution in [3.05, 3.63) is 53.3 Å². The van der Waals surface area contributed by atoms with Crippen molar-refractivity contribution < 1.29 is 0 Å². The van der Waals surface area contributed by atoms with E-state index in [1.807, 2.05) is 19.2 Å². The highest BCUT2D eigenvalue weighted by Crippen LogP contribution is 2.33. The SMILES string of the molecule is Cc1ccc2c(c1)CCCN2c1ccc(C(C)N)nc1. The summed E-state index contributed by atoms with van der Waals surface area (Å²) in [6, 6.07) is 10.8. The zero-order chi connectivity index (χ0) is 14.1. The van der Waals surface area contributed by atoms with E-state index < -0.39 is 0 Å². The third-order valence-electron chi connectivity index (χ3n) is 3.90. The fourth-order valence-corrected chi connectivity index (χ4v) is 2.82. The Morgan fingerprint density at radius 1 is 1.25 bits per heavy atom. The first-order chi connectivity index (χ1) is 9.65. The van der Waals surface area contributed by atoms with Gasteiger partial charge < -0.3 is 10.6 Å². The van der Waals surface area contributed by atoms with E-state index in [0.717, 1.165) is 17.9 Å². The fourth-order valence-electron chi connectivity index (χ4n) is 2.82. The van der Waals surface area contributed by atoms with Gasteiger partial charge in [-0.3, -0.25) is 4.98 Å². The number of nitrogens with two attached hydrogens (primary N) is 1. The molecule has 20 heavy (non-hydrogen) atoms. The van der Waals surface area contributed by atoms with Crippen molar-refractivity contribution in [2.75, 3.05) is 11.4 Å². The molecule has 1 aromatic heterocycles. The molecular formula is C17H21N3. The van der Waals surface area contributed by atoms with E-state index in [1.165, 1.54) is 29.7 Å². The molecule has 2 N–H and O–H groups in total. The van der Waals surface area contributed by atoms with Gasteiger partial charge in [0.05, 0.1) is 17.6 Å². The predicted molar refractivity (Wildman–Crippen MR) is 83.3 cm³/mol. The maximum Gasteiger partial charge on any atom is 0.0597 e. The molecule has 0 fully saturated rings. The van der Waals surface area contributed by atoms with Crippen molar-refractivity contribution >= 4 is 11.4 Å². The summed E-state index contributed by atoms with van der Waals surface area (Å²) in [5.41, 5.74) is 12.0. The fraction of sp³-hybridized carbons (Fsp3) is 0.353. The summed E-state index contributed by atoms with van der Waals surface area (Å²) in [6.45, 7) is 5.16. The zero-order valence-corrected chi connectivity index (χ0v) is 12.1. The van der Waals surface area contributed by atoms with Crippen LogP contribution in [0.2, 0.25) is 0 Å². The van der Waals surface area contributed by atoms with Crippen molar-refractivity contribution in [2.24, 2.45) is 5.73 Å². The highest BCUT2D eigenvalue weighted by molar-refractivity contribution is 5.67. The van der Waals surface area contributed by atoms with Crippen molar-refractivity contribution in [1.29, 1.82) is 0 Å². The molecule has 2 aromatic rings. The quantitative estimate of drug-likeness (QED) is 0.905. The maximum absolute atomic E-state index is 5.86. The molecule has 0 spiro atoms. The lowest BCUT2D eigenvalue weighted by atomic mass is 9.99. The van der Waals surface area contributed by atoms with Crippen molar-refractivity contribution in [2.45, 2.75) is 32.7 Å². The van der Waals surface area contributed by atoms with Crippen LogP contribution >= 0.6 is 0 Å². The second kappa shape index (κ2) is 5.25. The van der Waals surface area contributed by atoms with Crippen LogP contribution in [-0.4, -0.2) is 11.5 Å². The summed E-state index contributed by atoms with van der Waals surface area (Å²) in [5.74, 6) is 0. The topological polar surface area (TPSA) is 42.1 Å². The van der Waals surface area contributed by atoms with Gasteiger partial charge in [0.25, 0.3) is 0 Å². The molecule has 1 unspecified atom stereocenters. The minimum atomic E-state index is -0.0136. The smallest absolute Gasteiger partial charge is 0.0597 e. The Hall–Kier alpha value is -1.87. The van der Waals surface area contributed by atoms with Gasteiger partial charge in [0.1, 0.15) is 0 Å². The van der Waals surface area contributed by atoms with E-state index in [0.29, 0.717) is 0 Å². The standard InChI is InChI=1S/C17H21N3/c1-12-5-8-17-14(10-12)4-3-9-20(17)15-6-7-16(13(2)18)19-11-15/h5-8,10-11,13H,3-4,9,18H2,1-2H3. The van der Waals surface area contributed by atoms with Gasteiger partial charge in [-0.15, -0.1) is 0 Å². The normalized spacial score (nSPS) is 15.8. The molecule has 3 rings (SSSR count). The number of aromatic nitrogens is 1. The van der Waals surface area contributed by atoms with Gasteiger partial charge in [-0.25, -0.2) is 0 Å². The lowest BCUT2D eigenvalue weighted by Gasteiger charge is -2.31. The number of benzene rings is 1. The van der Waals surface area contributed by atoms with Crippen LogP contribution in [0.1, 0.15) is 36.2 Å². The van der Waals surface area contributed by atoms with Gasteiger partial charge in [-0.2, -0.15) is 0 Å². The van der Waals surface area contributed by atoms with Gasteiger partial charge >= 0.3 is 0 Å². The molecule has 2 heterocycles. The Balaban J connectivity index is 1.96. The summed E-state index contributed by atoms with van der Waals surface area (Å²) in [4.78, 5) is 6.83. The van der Waals surface area contributed by atoms with Crippen molar-refractivity contribution in [3.63, 3.8) is 0 Å². The molecule has 1 aliphatic heterocycles. The molecule has 1 aliphatic rings. The molecule has 1 aromatic carbocycles. The Labute approximate surface area is 120 Å². The van der Waals surface area contributed by atoms with Gasteiger partial charge in [0, 0.05) is 18.3 Å². The van der Waals surface area contributed by atoms with Crippen molar-refractivity contribution in [3.8, 4) is 0 Å². The average molecular weight is 267 g/mol. The summed E-state index contributed by atoms with van der Waals surface area (Å²) < 4.78 is 0. The Kier molecular flexibility index (Phi) is 3.45. The Morgan fingerprint density at radius 3 is 2.80 bits per heavy atom. The van der Waals surface area contributed by atoms with Crippen LogP contribution in [0.4, 0.5) is 11.4 Å². The average Bonchev–Trinajstić information content (AvgIpc) is 2.46. The lowest BCUT2D eigenvalue weighted by molar-refractivity contribution is 0.757. The number of aryl methyl sites for hydroxylation is 2. The molecule has 0 aliphatic carbocycles. The van der Waals surface area contributed by atoms with E-state index in [4.69, 9.17) is 5.73 Å². The minimum Gasteiger partial charge on any atom is -0.340 e. The third-order valence-corrected chi connectivity index (χ3v) is 3.90. The minimum absolute atomic E-state index is 0.0136. The molecule has 0 saturated heterocycles.